The van der Waals surface area contributed by atoms with Crippen LogP contribution in [0.4, 0.5) is 0 Å². The summed E-state index contributed by atoms with van der Waals surface area (Å²) in [7, 11) is 0. The maximum Gasteiger partial charge on any atom is 0.339 e. The van der Waals surface area contributed by atoms with Crippen molar-refractivity contribution in [3.63, 3.8) is 0 Å². The summed E-state index contributed by atoms with van der Waals surface area (Å²) in [5, 5.41) is 7.29. The van der Waals surface area contributed by atoms with Gasteiger partial charge in [-0.1, -0.05) is 20.3 Å². The van der Waals surface area contributed by atoms with Gasteiger partial charge in [-0.3, -0.25) is 0 Å². The summed E-state index contributed by atoms with van der Waals surface area (Å²) < 4.78 is 0. The van der Waals surface area contributed by atoms with Crippen molar-refractivity contribution in [3.8, 4) is 0 Å². The van der Waals surface area contributed by atoms with Crippen molar-refractivity contribution in [2.24, 2.45) is 0 Å². The van der Waals surface area contributed by atoms with E-state index in [1.165, 1.54) is 6.42 Å². The molecule has 0 saturated heterocycles. The zero-order valence-corrected chi connectivity index (χ0v) is 5.47. The van der Waals surface area contributed by atoms with Crippen molar-refractivity contribution >= 4 is 5.97 Å². The molecule has 50 valence electrons. The monoisotopic (exact) mass is 120 g/mol. The Bertz CT molecular complexity index is 51.6. The van der Waals surface area contributed by atoms with Crippen molar-refractivity contribution in [2.45, 2.75) is 27.2 Å². The summed E-state index contributed by atoms with van der Waals surface area (Å²) in [5.41, 5.74) is 0. The molecule has 0 rings (SSSR count). The van der Waals surface area contributed by atoms with Gasteiger partial charge in [0.1, 0.15) is 0 Å². The number of hydrogen-bond donors (Lipinski definition) is 1. The number of carbonyl (C=O) groups is 1. The Morgan fingerprint density at radius 2 is 1.75 bits per heavy atom. The van der Waals surface area contributed by atoms with Gasteiger partial charge in [0, 0.05) is 6.92 Å². The molecule has 0 aliphatic carbocycles. The van der Waals surface area contributed by atoms with Gasteiger partial charge in [-0.2, -0.15) is 5.26 Å². The van der Waals surface area contributed by atoms with Crippen LogP contribution >= 0.6 is 0 Å². The third kappa shape index (κ3) is 52.1. The molecule has 8 heavy (non-hydrogen) atoms. The average Bonchev–Trinajstić information content (AvgIpc) is 1.69. The maximum atomic E-state index is 9.34. The minimum Gasteiger partial charge on any atom is -0.301 e. The molecule has 0 aliphatic rings. The van der Waals surface area contributed by atoms with E-state index in [9.17, 15) is 4.79 Å². The van der Waals surface area contributed by atoms with Gasteiger partial charge in [-0.25, -0.2) is 4.79 Å². The second-order valence-corrected chi connectivity index (χ2v) is 1.29. The highest BCUT2D eigenvalue weighted by molar-refractivity contribution is 5.64. The molecule has 0 spiro atoms. The molecule has 0 atom stereocenters. The summed E-state index contributed by atoms with van der Waals surface area (Å²) >= 11 is 0. The Balaban J connectivity index is 0. The first kappa shape index (κ1) is 10.4. The second kappa shape index (κ2) is 9.66. The van der Waals surface area contributed by atoms with Crippen LogP contribution in [0.25, 0.3) is 0 Å². The van der Waals surface area contributed by atoms with Crippen molar-refractivity contribution in [3.05, 3.63) is 0 Å². The molecule has 0 fully saturated rings. The fourth-order valence-electron chi connectivity index (χ4n) is 0. The molecule has 0 aromatic rings. The van der Waals surface area contributed by atoms with Crippen LogP contribution in [0.1, 0.15) is 27.2 Å². The Morgan fingerprint density at radius 3 is 1.75 bits per heavy atom. The van der Waals surface area contributed by atoms with Gasteiger partial charge in [0.15, 0.2) is 0 Å². The first-order chi connectivity index (χ1) is 3.68. The summed E-state index contributed by atoms with van der Waals surface area (Å²) in [6, 6.07) is 0. The number of rotatable bonds is 0. The highest BCUT2D eigenvalue weighted by atomic mass is 17.1. The van der Waals surface area contributed by atoms with Crippen LogP contribution in [-0.2, 0) is 9.68 Å². The third-order valence-corrected chi connectivity index (χ3v) is 0.129. The fourth-order valence-corrected chi connectivity index (χ4v) is 0. The summed E-state index contributed by atoms with van der Waals surface area (Å²) in [6.45, 7) is 5.36. The van der Waals surface area contributed by atoms with Gasteiger partial charge in [0.25, 0.3) is 0 Å². The molecule has 0 aliphatic heterocycles. The molecule has 0 bridgehead atoms. The molecule has 0 radical (unpaired) electrons. The summed E-state index contributed by atoms with van der Waals surface area (Å²) in [4.78, 5) is 12.5. The van der Waals surface area contributed by atoms with E-state index in [4.69, 9.17) is 5.26 Å². The van der Waals surface area contributed by atoms with Gasteiger partial charge in [0.2, 0.25) is 0 Å². The van der Waals surface area contributed by atoms with E-state index in [2.05, 4.69) is 18.7 Å². The van der Waals surface area contributed by atoms with E-state index in [1.54, 1.807) is 0 Å². The molecule has 0 saturated carbocycles. The smallest absolute Gasteiger partial charge is 0.301 e. The Hall–Kier alpha value is -0.570. The topological polar surface area (TPSA) is 46.5 Å². The fraction of sp³-hybridized carbons (Fsp3) is 0.800. The Morgan fingerprint density at radius 1 is 1.62 bits per heavy atom. The SMILES string of the molecule is CC(=O)OO.CCC. The van der Waals surface area contributed by atoms with E-state index in [1.807, 2.05) is 0 Å². The van der Waals surface area contributed by atoms with E-state index < -0.39 is 5.97 Å². The Kier molecular flexibility index (Phi) is 12.6. The van der Waals surface area contributed by atoms with Crippen LogP contribution in [0.15, 0.2) is 0 Å². The predicted molar refractivity (Wildman–Crippen MR) is 30.4 cm³/mol. The normalized spacial score (nSPS) is 6.50. The molecule has 0 aromatic heterocycles. The van der Waals surface area contributed by atoms with Crippen LogP contribution in [-0.4, -0.2) is 11.2 Å². The van der Waals surface area contributed by atoms with E-state index in [0.29, 0.717) is 0 Å². The number of carbonyl (C=O) groups excluding carboxylic acids is 1. The molecule has 0 heterocycles. The highest BCUT2D eigenvalue weighted by Crippen LogP contribution is 1.59. The molecular formula is C5H12O3. The van der Waals surface area contributed by atoms with Crippen LogP contribution in [0, 0.1) is 0 Å². The van der Waals surface area contributed by atoms with Crippen LogP contribution < -0.4 is 0 Å². The lowest BCUT2D eigenvalue weighted by Crippen LogP contribution is -1.89. The minimum atomic E-state index is -0.690. The van der Waals surface area contributed by atoms with Gasteiger partial charge >= 0.3 is 5.97 Å². The quantitative estimate of drug-likeness (QED) is 0.388. The summed E-state index contributed by atoms with van der Waals surface area (Å²) in [5.74, 6) is -0.690. The standard InChI is InChI=1S/C3H8.C2H4O3/c1-3-2;1-2(3)5-4/h3H2,1-2H3;4H,1H3. The van der Waals surface area contributed by atoms with Crippen LogP contribution in [0.2, 0.25) is 0 Å². The molecule has 0 aromatic carbocycles. The first-order valence-corrected chi connectivity index (χ1v) is 2.51. The molecule has 3 nitrogen and oxygen atoms in total. The van der Waals surface area contributed by atoms with E-state index >= 15 is 0 Å². The zero-order valence-electron chi connectivity index (χ0n) is 5.47. The minimum absolute atomic E-state index is 0.690. The van der Waals surface area contributed by atoms with Crippen molar-refractivity contribution in [2.75, 3.05) is 0 Å². The molecule has 0 unspecified atom stereocenters. The first-order valence-electron chi connectivity index (χ1n) is 2.51. The third-order valence-electron chi connectivity index (χ3n) is 0.129. The van der Waals surface area contributed by atoms with E-state index in [-0.39, 0.29) is 0 Å². The molecular weight excluding hydrogens is 108 g/mol. The highest BCUT2D eigenvalue weighted by Gasteiger charge is 1.79. The van der Waals surface area contributed by atoms with E-state index in [0.717, 1.165) is 6.92 Å². The van der Waals surface area contributed by atoms with Gasteiger partial charge in [-0.15, -0.1) is 0 Å². The van der Waals surface area contributed by atoms with Crippen LogP contribution in [0.5, 0.6) is 0 Å². The van der Waals surface area contributed by atoms with Gasteiger partial charge in [0.05, 0.1) is 0 Å². The van der Waals surface area contributed by atoms with Crippen molar-refractivity contribution in [1.29, 1.82) is 0 Å². The second-order valence-electron chi connectivity index (χ2n) is 1.29. The zero-order chi connectivity index (χ0) is 6.99. The van der Waals surface area contributed by atoms with Crippen molar-refractivity contribution in [1.82, 2.24) is 0 Å². The molecule has 1 N–H and O–H groups in total. The Labute approximate surface area is 49.2 Å². The largest absolute Gasteiger partial charge is 0.339 e. The molecule has 3 heteroatoms. The molecule has 0 amide bonds. The van der Waals surface area contributed by atoms with Gasteiger partial charge < -0.3 is 4.89 Å². The van der Waals surface area contributed by atoms with Crippen LogP contribution in [0.3, 0.4) is 0 Å². The lowest BCUT2D eigenvalue weighted by Gasteiger charge is -1.76. The number of hydrogen-bond acceptors (Lipinski definition) is 3. The average molecular weight is 120 g/mol. The lowest BCUT2D eigenvalue weighted by atomic mass is 10.6. The van der Waals surface area contributed by atoms with Crippen molar-refractivity contribution < 1.29 is 14.9 Å². The predicted octanol–water partition coefficient (Wildman–Crippen LogP) is 1.44. The van der Waals surface area contributed by atoms with Gasteiger partial charge in [-0.05, 0) is 0 Å². The maximum absolute atomic E-state index is 9.34. The summed E-state index contributed by atoms with van der Waals surface area (Å²) in [6.07, 6.45) is 1.25. The lowest BCUT2D eigenvalue weighted by molar-refractivity contribution is -0.231.